The molecular weight excluding hydrogens is 212 g/mol. The molecule has 0 aromatic heterocycles. The van der Waals surface area contributed by atoms with Crippen molar-refractivity contribution in [2.75, 3.05) is 13.1 Å². The Labute approximate surface area is 104 Å². The summed E-state index contributed by atoms with van der Waals surface area (Å²) in [7, 11) is 0. The minimum absolute atomic E-state index is 0.489. The molecule has 17 heavy (non-hydrogen) atoms. The van der Waals surface area contributed by atoms with Crippen LogP contribution in [0, 0.1) is 22.7 Å². The molecule has 1 aliphatic carbocycles. The number of hydrogen-bond donors (Lipinski definition) is 2. The van der Waals surface area contributed by atoms with Gasteiger partial charge in [0.1, 0.15) is 0 Å². The average molecular weight is 236 g/mol. The Morgan fingerprint density at radius 1 is 1.24 bits per heavy atom. The molecule has 0 spiro atoms. The Balaban J connectivity index is 2.23. The van der Waals surface area contributed by atoms with Gasteiger partial charge in [-0.05, 0) is 51.1 Å². The maximum Gasteiger partial charge on any atom is 0.0863 e. The van der Waals surface area contributed by atoms with Crippen molar-refractivity contribution < 1.29 is 5.11 Å². The molecular formula is C14H24N2O. The van der Waals surface area contributed by atoms with Crippen molar-refractivity contribution in [1.29, 1.82) is 5.26 Å². The Kier molecular flexibility index (Phi) is 3.75. The van der Waals surface area contributed by atoms with E-state index in [0.717, 1.165) is 51.6 Å². The molecule has 0 amide bonds. The largest absolute Gasteiger partial charge is 0.388 e. The molecule has 0 aromatic carbocycles. The molecule has 2 aliphatic rings. The van der Waals surface area contributed by atoms with E-state index in [1.165, 1.54) is 6.42 Å². The van der Waals surface area contributed by atoms with Crippen molar-refractivity contribution in [3.05, 3.63) is 0 Å². The first kappa shape index (κ1) is 12.9. The number of hydrogen-bond acceptors (Lipinski definition) is 3. The topological polar surface area (TPSA) is 56.0 Å². The Bertz CT molecular complexity index is 302. The van der Waals surface area contributed by atoms with Crippen molar-refractivity contribution in [1.82, 2.24) is 5.32 Å². The SMILES string of the molecule is CC1CCCC(C#N)(C2(O)CCCNCC2)C1. The summed E-state index contributed by atoms with van der Waals surface area (Å²) in [4.78, 5) is 0. The van der Waals surface area contributed by atoms with Gasteiger partial charge in [-0.25, -0.2) is 0 Å². The van der Waals surface area contributed by atoms with E-state index >= 15 is 0 Å². The number of nitrogens with one attached hydrogen (secondary N) is 1. The average Bonchev–Trinajstić information content (AvgIpc) is 2.55. The van der Waals surface area contributed by atoms with E-state index in [0.29, 0.717) is 5.92 Å². The maximum absolute atomic E-state index is 11.0. The van der Waals surface area contributed by atoms with Crippen LogP contribution < -0.4 is 5.32 Å². The zero-order chi connectivity index (χ0) is 12.4. The lowest BCUT2D eigenvalue weighted by molar-refractivity contribution is -0.0884. The van der Waals surface area contributed by atoms with Crippen LogP contribution in [0.4, 0.5) is 0 Å². The lowest BCUT2D eigenvalue weighted by atomic mass is 9.59. The molecule has 3 unspecified atom stereocenters. The van der Waals surface area contributed by atoms with Crippen LogP contribution in [0.5, 0.6) is 0 Å². The number of nitrogens with zero attached hydrogens (tertiary/aromatic N) is 1. The molecule has 1 aliphatic heterocycles. The molecule has 1 heterocycles. The van der Waals surface area contributed by atoms with Crippen LogP contribution in [0.3, 0.4) is 0 Å². The van der Waals surface area contributed by atoms with E-state index in [4.69, 9.17) is 0 Å². The van der Waals surface area contributed by atoms with E-state index in [9.17, 15) is 10.4 Å². The van der Waals surface area contributed by atoms with E-state index in [1.54, 1.807) is 0 Å². The van der Waals surface area contributed by atoms with Crippen LogP contribution in [-0.2, 0) is 0 Å². The smallest absolute Gasteiger partial charge is 0.0863 e. The summed E-state index contributed by atoms with van der Waals surface area (Å²) in [5.74, 6) is 0.573. The van der Waals surface area contributed by atoms with Crippen molar-refractivity contribution in [3.8, 4) is 6.07 Å². The second kappa shape index (κ2) is 4.96. The third-order valence-corrected chi connectivity index (χ3v) is 4.76. The second-order valence-electron chi connectivity index (χ2n) is 6.03. The fourth-order valence-corrected chi connectivity index (χ4v) is 3.71. The van der Waals surface area contributed by atoms with Gasteiger partial charge in [0.15, 0.2) is 0 Å². The summed E-state index contributed by atoms with van der Waals surface area (Å²) in [5.41, 5.74) is -1.25. The summed E-state index contributed by atoms with van der Waals surface area (Å²) in [6.07, 6.45) is 6.54. The van der Waals surface area contributed by atoms with E-state index < -0.39 is 11.0 Å². The zero-order valence-electron chi connectivity index (χ0n) is 10.8. The second-order valence-corrected chi connectivity index (χ2v) is 6.03. The summed E-state index contributed by atoms with van der Waals surface area (Å²) >= 11 is 0. The quantitative estimate of drug-likeness (QED) is 0.734. The molecule has 2 rings (SSSR count). The van der Waals surface area contributed by atoms with Crippen LogP contribution in [0.2, 0.25) is 0 Å². The highest BCUT2D eigenvalue weighted by Gasteiger charge is 2.51. The number of rotatable bonds is 1. The van der Waals surface area contributed by atoms with Gasteiger partial charge in [-0.3, -0.25) is 0 Å². The van der Waals surface area contributed by atoms with Gasteiger partial charge in [0, 0.05) is 0 Å². The fourth-order valence-electron chi connectivity index (χ4n) is 3.71. The minimum Gasteiger partial charge on any atom is -0.388 e. The Morgan fingerprint density at radius 2 is 2.06 bits per heavy atom. The zero-order valence-corrected chi connectivity index (χ0v) is 10.8. The van der Waals surface area contributed by atoms with Gasteiger partial charge in [-0.15, -0.1) is 0 Å². The normalized spacial score (nSPS) is 43.7. The lowest BCUT2D eigenvalue weighted by Gasteiger charge is -2.46. The highest BCUT2D eigenvalue weighted by molar-refractivity contribution is 5.13. The van der Waals surface area contributed by atoms with Crippen molar-refractivity contribution in [2.24, 2.45) is 11.3 Å². The van der Waals surface area contributed by atoms with Gasteiger partial charge >= 0.3 is 0 Å². The number of aliphatic hydroxyl groups is 1. The molecule has 1 saturated heterocycles. The Hall–Kier alpha value is -0.590. The van der Waals surface area contributed by atoms with Crippen LogP contribution in [-0.4, -0.2) is 23.8 Å². The van der Waals surface area contributed by atoms with Crippen molar-refractivity contribution in [3.63, 3.8) is 0 Å². The van der Waals surface area contributed by atoms with Gasteiger partial charge in [0.05, 0.1) is 17.1 Å². The molecule has 1 saturated carbocycles. The number of nitriles is 1. The monoisotopic (exact) mass is 236 g/mol. The first-order chi connectivity index (χ1) is 8.12. The van der Waals surface area contributed by atoms with Gasteiger partial charge in [0.25, 0.3) is 0 Å². The molecule has 96 valence electrons. The van der Waals surface area contributed by atoms with E-state index in [2.05, 4.69) is 18.3 Å². The lowest BCUT2D eigenvalue weighted by Crippen LogP contribution is -2.50. The molecule has 3 nitrogen and oxygen atoms in total. The van der Waals surface area contributed by atoms with Gasteiger partial charge < -0.3 is 10.4 Å². The third-order valence-electron chi connectivity index (χ3n) is 4.76. The highest BCUT2D eigenvalue weighted by atomic mass is 16.3. The molecule has 2 N–H and O–H groups in total. The summed E-state index contributed by atoms with van der Waals surface area (Å²) < 4.78 is 0. The first-order valence-corrected chi connectivity index (χ1v) is 6.96. The predicted octanol–water partition coefficient (Wildman–Crippen LogP) is 2.21. The maximum atomic E-state index is 11.0. The van der Waals surface area contributed by atoms with Crippen LogP contribution in [0.15, 0.2) is 0 Å². The van der Waals surface area contributed by atoms with Gasteiger partial charge in [0.2, 0.25) is 0 Å². The van der Waals surface area contributed by atoms with Crippen LogP contribution in [0.1, 0.15) is 51.9 Å². The van der Waals surface area contributed by atoms with Gasteiger partial charge in [-0.1, -0.05) is 19.8 Å². The molecule has 3 atom stereocenters. The van der Waals surface area contributed by atoms with Crippen LogP contribution >= 0.6 is 0 Å². The fraction of sp³-hybridized carbons (Fsp3) is 0.929. The van der Waals surface area contributed by atoms with E-state index in [1.807, 2.05) is 0 Å². The molecule has 2 fully saturated rings. The molecule has 0 aromatic rings. The molecule has 0 bridgehead atoms. The van der Waals surface area contributed by atoms with Crippen molar-refractivity contribution in [2.45, 2.75) is 57.5 Å². The summed E-state index contributed by atoms with van der Waals surface area (Å²) in [5, 5.41) is 23.9. The minimum atomic E-state index is -0.764. The predicted molar refractivity (Wildman–Crippen MR) is 67.3 cm³/mol. The first-order valence-electron chi connectivity index (χ1n) is 6.96. The van der Waals surface area contributed by atoms with Crippen LogP contribution in [0.25, 0.3) is 0 Å². The summed E-state index contributed by atoms with van der Waals surface area (Å²) in [6.45, 7) is 4.03. The Morgan fingerprint density at radius 3 is 2.76 bits per heavy atom. The van der Waals surface area contributed by atoms with Crippen molar-refractivity contribution >= 4 is 0 Å². The standard InChI is InChI=1S/C14H24N2O/c1-12-4-2-5-13(10-12,11-15)14(17)6-3-8-16-9-7-14/h12,16-17H,2-10H2,1H3. The summed E-state index contributed by atoms with van der Waals surface area (Å²) in [6, 6.07) is 2.51. The third kappa shape index (κ3) is 2.34. The van der Waals surface area contributed by atoms with Gasteiger partial charge in [-0.2, -0.15) is 5.26 Å². The molecule has 0 radical (unpaired) electrons. The highest BCUT2D eigenvalue weighted by Crippen LogP contribution is 2.50. The molecule has 3 heteroatoms. The van der Waals surface area contributed by atoms with E-state index in [-0.39, 0.29) is 0 Å².